The van der Waals surface area contributed by atoms with E-state index in [2.05, 4.69) is 10.6 Å². The average molecular weight is 334 g/mol. The van der Waals surface area contributed by atoms with Gasteiger partial charge in [-0.25, -0.2) is 4.79 Å². The summed E-state index contributed by atoms with van der Waals surface area (Å²) in [5.41, 5.74) is 11.0. The van der Waals surface area contributed by atoms with Crippen LogP contribution in [0.4, 0.5) is 0 Å². The lowest BCUT2D eigenvalue weighted by atomic mass is 10.1. The monoisotopic (exact) mass is 334 g/mol. The van der Waals surface area contributed by atoms with Crippen LogP contribution < -0.4 is 22.1 Å². The molecule has 0 rings (SSSR count). The maximum absolute atomic E-state index is 11.7. The second kappa shape index (κ2) is 12.2. The van der Waals surface area contributed by atoms with Crippen molar-refractivity contribution >= 4 is 29.5 Å². The van der Waals surface area contributed by atoms with Crippen LogP contribution in [0.1, 0.15) is 25.7 Å². The Hall–Kier alpha value is -1.32. The third-order valence-corrected chi connectivity index (χ3v) is 3.62. The van der Waals surface area contributed by atoms with Crippen molar-refractivity contribution in [1.29, 1.82) is 0 Å². The molecule has 0 spiro atoms. The predicted octanol–water partition coefficient (Wildman–Crippen LogP) is -1.12. The van der Waals surface area contributed by atoms with Crippen LogP contribution in [0.2, 0.25) is 0 Å². The number of nitrogens with one attached hydrogen (secondary N) is 2. The highest BCUT2D eigenvalue weighted by atomic mass is 32.2. The van der Waals surface area contributed by atoms with Gasteiger partial charge in [-0.1, -0.05) is 6.42 Å². The lowest BCUT2D eigenvalue weighted by Crippen LogP contribution is -2.48. The summed E-state index contributed by atoms with van der Waals surface area (Å²) < 4.78 is 0. The number of carbonyl (C=O) groups is 3. The standard InChI is InChI=1S/C13H26N4O4S/c1-22-7-5-10(13(20)21)17-11(18)8-16-12(19)9(15)4-2-3-6-14/h9-10H,2-8,14-15H2,1H3,(H,16,19)(H,17,18)(H,20,21). The number of hydrogen-bond acceptors (Lipinski definition) is 6. The maximum atomic E-state index is 11.7. The second-order valence-corrected chi connectivity index (χ2v) is 5.83. The highest BCUT2D eigenvalue weighted by Gasteiger charge is 2.20. The molecular formula is C13H26N4O4S. The average Bonchev–Trinajstić information content (AvgIpc) is 2.48. The highest BCUT2D eigenvalue weighted by molar-refractivity contribution is 7.98. The van der Waals surface area contributed by atoms with Crippen LogP contribution in [0.5, 0.6) is 0 Å². The van der Waals surface area contributed by atoms with E-state index in [0.29, 0.717) is 25.1 Å². The molecule has 0 aromatic rings. The van der Waals surface area contributed by atoms with Crippen LogP contribution >= 0.6 is 11.8 Å². The van der Waals surface area contributed by atoms with E-state index >= 15 is 0 Å². The molecule has 9 heteroatoms. The Morgan fingerprint density at radius 2 is 1.91 bits per heavy atom. The van der Waals surface area contributed by atoms with Crippen LogP contribution in [-0.4, -0.2) is 60.1 Å². The zero-order chi connectivity index (χ0) is 17.0. The fraction of sp³-hybridized carbons (Fsp3) is 0.769. The number of carboxylic acid groups (broad SMARTS) is 1. The number of unbranched alkanes of at least 4 members (excludes halogenated alkanes) is 1. The van der Waals surface area contributed by atoms with E-state index in [1.165, 1.54) is 11.8 Å². The summed E-state index contributed by atoms with van der Waals surface area (Å²) in [6.07, 6.45) is 4.21. The van der Waals surface area contributed by atoms with Crippen LogP contribution in [-0.2, 0) is 14.4 Å². The number of carbonyl (C=O) groups excluding carboxylic acids is 2. The van der Waals surface area contributed by atoms with Crippen molar-refractivity contribution in [2.45, 2.75) is 37.8 Å². The Morgan fingerprint density at radius 1 is 1.23 bits per heavy atom. The molecule has 0 aliphatic carbocycles. The van der Waals surface area contributed by atoms with Crippen molar-refractivity contribution in [3.8, 4) is 0 Å². The Bertz CT molecular complexity index is 368. The number of carboxylic acids is 1. The van der Waals surface area contributed by atoms with Crippen molar-refractivity contribution in [3.63, 3.8) is 0 Å². The Balaban J connectivity index is 4.09. The fourth-order valence-corrected chi connectivity index (χ4v) is 2.15. The molecule has 0 fully saturated rings. The summed E-state index contributed by atoms with van der Waals surface area (Å²) in [6.45, 7) is 0.260. The summed E-state index contributed by atoms with van der Waals surface area (Å²) in [5.74, 6) is -1.44. The largest absolute Gasteiger partial charge is 0.480 e. The quantitative estimate of drug-likeness (QED) is 0.284. The molecule has 0 bridgehead atoms. The minimum Gasteiger partial charge on any atom is -0.480 e. The number of nitrogens with two attached hydrogens (primary N) is 2. The van der Waals surface area contributed by atoms with E-state index < -0.39 is 29.9 Å². The maximum Gasteiger partial charge on any atom is 0.326 e. The summed E-state index contributed by atoms with van der Waals surface area (Å²) in [4.78, 5) is 34.3. The summed E-state index contributed by atoms with van der Waals surface area (Å²) in [5, 5.41) is 13.8. The minimum atomic E-state index is -1.09. The van der Waals surface area contributed by atoms with Gasteiger partial charge in [-0.15, -0.1) is 0 Å². The smallest absolute Gasteiger partial charge is 0.326 e. The van der Waals surface area contributed by atoms with Crippen LogP contribution in [0, 0.1) is 0 Å². The van der Waals surface area contributed by atoms with Gasteiger partial charge in [-0.2, -0.15) is 11.8 Å². The summed E-state index contributed by atoms with van der Waals surface area (Å²) in [6, 6.07) is -1.64. The molecule has 0 heterocycles. The highest BCUT2D eigenvalue weighted by Crippen LogP contribution is 2.01. The van der Waals surface area contributed by atoms with Crippen molar-refractivity contribution in [1.82, 2.24) is 10.6 Å². The number of thioether (sulfide) groups is 1. The Kier molecular flexibility index (Phi) is 11.5. The first-order chi connectivity index (χ1) is 10.4. The Labute approximate surface area is 134 Å². The molecule has 2 unspecified atom stereocenters. The van der Waals surface area contributed by atoms with Crippen LogP contribution in [0.25, 0.3) is 0 Å². The van der Waals surface area contributed by atoms with Gasteiger partial charge in [0, 0.05) is 0 Å². The fourth-order valence-electron chi connectivity index (χ4n) is 1.68. The van der Waals surface area contributed by atoms with Gasteiger partial charge in [0.25, 0.3) is 0 Å². The molecule has 22 heavy (non-hydrogen) atoms. The molecule has 0 aliphatic rings. The van der Waals surface area contributed by atoms with Crippen molar-refractivity contribution in [2.24, 2.45) is 11.5 Å². The van der Waals surface area contributed by atoms with Crippen molar-refractivity contribution < 1.29 is 19.5 Å². The molecular weight excluding hydrogens is 308 g/mol. The summed E-state index contributed by atoms with van der Waals surface area (Å²) in [7, 11) is 0. The van der Waals surface area contributed by atoms with E-state index in [-0.39, 0.29) is 6.54 Å². The second-order valence-electron chi connectivity index (χ2n) is 4.85. The third kappa shape index (κ3) is 9.59. The Morgan fingerprint density at radius 3 is 2.45 bits per heavy atom. The van der Waals surface area contributed by atoms with E-state index in [9.17, 15) is 14.4 Å². The number of aliphatic carboxylic acids is 1. The molecule has 8 nitrogen and oxygen atoms in total. The van der Waals surface area contributed by atoms with E-state index in [0.717, 1.165) is 12.8 Å². The SMILES string of the molecule is CSCCC(NC(=O)CNC(=O)C(N)CCCCN)C(=O)O. The minimum absolute atomic E-state index is 0.285. The lowest BCUT2D eigenvalue weighted by Gasteiger charge is -2.15. The molecule has 0 aromatic heterocycles. The van der Waals surface area contributed by atoms with E-state index in [1.807, 2.05) is 6.26 Å². The van der Waals surface area contributed by atoms with Gasteiger partial charge in [-0.3, -0.25) is 9.59 Å². The molecule has 7 N–H and O–H groups in total. The number of rotatable bonds is 12. The van der Waals surface area contributed by atoms with Gasteiger partial charge in [0.2, 0.25) is 11.8 Å². The molecule has 2 atom stereocenters. The normalized spacial score (nSPS) is 13.2. The number of amides is 2. The predicted molar refractivity (Wildman–Crippen MR) is 86.5 cm³/mol. The molecule has 2 amide bonds. The van der Waals surface area contributed by atoms with Gasteiger partial charge in [-0.05, 0) is 37.8 Å². The molecule has 0 radical (unpaired) electrons. The zero-order valence-electron chi connectivity index (χ0n) is 12.8. The van der Waals surface area contributed by atoms with Crippen LogP contribution in [0.15, 0.2) is 0 Å². The van der Waals surface area contributed by atoms with Gasteiger partial charge in [0.05, 0.1) is 12.6 Å². The first-order valence-electron chi connectivity index (χ1n) is 7.16. The lowest BCUT2D eigenvalue weighted by molar-refractivity contribution is -0.141. The molecule has 0 aromatic carbocycles. The van der Waals surface area contributed by atoms with Crippen LogP contribution in [0.3, 0.4) is 0 Å². The van der Waals surface area contributed by atoms with Gasteiger partial charge < -0.3 is 27.2 Å². The number of hydrogen-bond donors (Lipinski definition) is 5. The first kappa shape index (κ1) is 20.7. The third-order valence-electron chi connectivity index (χ3n) is 2.97. The van der Waals surface area contributed by atoms with E-state index in [1.54, 1.807) is 0 Å². The van der Waals surface area contributed by atoms with Gasteiger partial charge >= 0.3 is 5.97 Å². The molecule has 0 saturated heterocycles. The molecule has 0 aliphatic heterocycles. The van der Waals surface area contributed by atoms with Crippen molar-refractivity contribution in [3.05, 3.63) is 0 Å². The zero-order valence-corrected chi connectivity index (χ0v) is 13.7. The first-order valence-corrected chi connectivity index (χ1v) is 8.56. The van der Waals surface area contributed by atoms with E-state index in [4.69, 9.17) is 16.6 Å². The van der Waals surface area contributed by atoms with Crippen molar-refractivity contribution in [2.75, 3.05) is 25.1 Å². The van der Waals surface area contributed by atoms with Gasteiger partial charge in [0.15, 0.2) is 0 Å². The summed E-state index contributed by atoms with van der Waals surface area (Å²) >= 11 is 1.50. The molecule has 0 saturated carbocycles. The molecule has 128 valence electrons. The van der Waals surface area contributed by atoms with Gasteiger partial charge in [0.1, 0.15) is 6.04 Å². The topological polar surface area (TPSA) is 148 Å².